The summed E-state index contributed by atoms with van der Waals surface area (Å²) >= 11 is 0. The molecule has 1 aromatic carbocycles. The zero-order valence-corrected chi connectivity index (χ0v) is 16.4. The minimum atomic E-state index is -3.01. The number of likely N-dealkylation sites (tertiary alicyclic amines) is 1. The van der Waals surface area contributed by atoms with E-state index >= 15 is 0 Å². The molecule has 11 heteroatoms. The van der Waals surface area contributed by atoms with Gasteiger partial charge in [-0.2, -0.15) is 8.78 Å². The number of rotatable bonds is 6. The van der Waals surface area contributed by atoms with Gasteiger partial charge in [-0.25, -0.2) is 9.37 Å². The van der Waals surface area contributed by atoms with Crippen molar-refractivity contribution in [2.45, 2.75) is 25.2 Å². The smallest absolute Gasteiger partial charge is 0.387 e. The van der Waals surface area contributed by atoms with Crippen LogP contribution in [0.25, 0.3) is 16.8 Å². The molecule has 30 heavy (non-hydrogen) atoms. The molecule has 0 bridgehead atoms. The van der Waals surface area contributed by atoms with Crippen LogP contribution in [0.5, 0.6) is 11.5 Å². The normalized spacial score (nSPS) is 19.9. The molecule has 3 aromatic rings. The maximum absolute atomic E-state index is 13.9. The summed E-state index contributed by atoms with van der Waals surface area (Å²) in [6, 6.07) is 4.41. The van der Waals surface area contributed by atoms with E-state index in [1.807, 2.05) is 11.9 Å². The number of hydrogen-bond donors (Lipinski definition) is 1. The van der Waals surface area contributed by atoms with E-state index in [4.69, 9.17) is 4.74 Å². The van der Waals surface area contributed by atoms with Crippen molar-refractivity contribution in [2.24, 2.45) is 0 Å². The van der Waals surface area contributed by atoms with Gasteiger partial charge in [0.2, 0.25) is 5.95 Å². The van der Waals surface area contributed by atoms with Crippen molar-refractivity contribution in [3.05, 3.63) is 30.7 Å². The van der Waals surface area contributed by atoms with E-state index in [-0.39, 0.29) is 11.8 Å². The predicted molar refractivity (Wildman–Crippen MR) is 104 cm³/mol. The van der Waals surface area contributed by atoms with Crippen molar-refractivity contribution in [3.8, 4) is 22.8 Å². The molecule has 0 aliphatic carbocycles. The van der Waals surface area contributed by atoms with Crippen molar-refractivity contribution in [1.82, 2.24) is 24.5 Å². The van der Waals surface area contributed by atoms with E-state index in [1.165, 1.54) is 19.5 Å². The number of nitrogens with one attached hydrogen (secondary N) is 1. The summed E-state index contributed by atoms with van der Waals surface area (Å²) in [6.45, 7) is -1.96. The molecule has 0 radical (unpaired) electrons. The van der Waals surface area contributed by atoms with Crippen molar-refractivity contribution in [1.29, 1.82) is 0 Å². The third-order valence-corrected chi connectivity index (χ3v) is 4.93. The maximum Gasteiger partial charge on any atom is 0.387 e. The molecule has 160 valence electrons. The van der Waals surface area contributed by atoms with Crippen LogP contribution in [0, 0.1) is 0 Å². The lowest BCUT2D eigenvalue weighted by molar-refractivity contribution is -0.0495. The second kappa shape index (κ2) is 8.34. The van der Waals surface area contributed by atoms with E-state index in [9.17, 15) is 13.2 Å². The Morgan fingerprint density at radius 1 is 1.23 bits per heavy atom. The Hall–Kier alpha value is -3.08. The number of piperidine rings is 1. The largest absolute Gasteiger partial charge is 0.497 e. The number of benzene rings is 1. The molecule has 1 aliphatic rings. The number of methoxy groups -OCH3 is 1. The van der Waals surface area contributed by atoms with Gasteiger partial charge in [0, 0.05) is 37.2 Å². The van der Waals surface area contributed by atoms with Crippen LogP contribution >= 0.6 is 0 Å². The molecule has 8 nitrogen and oxygen atoms in total. The molecular formula is C19H21F3N6O2. The van der Waals surface area contributed by atoms with Crippen LogP contribution in [0.4, 0.5) is 19.1 Å². The first-order valence-electron chi connectivity index (χ1n) is 9.35. The Labute approximate surface area is 170 Å². The number of ether oxygens (including phenoxy) is 2. The molecule has 0 saturated carbocycles. The Bertz CT molecular complexity index is 1020. The van der Waals surface area contributed by atoms with Crippen LogP contribution in [-0.4, -0.2) is 70.6 Å². The van der Waals surface area contributed by atoms with Crippen molar-refractivity contribution in [3.63, 3.8) is 0 Å². The van der Waals surface area contributed by atoms with Crippen molar-refractivity contribution >= 4 is 11.5 Å². The average molecular weight is 422 g/mol. The molecule has 1 N–H and O–H groups in total. The summed E-state index contributed by atoms with van der Waals surface area (Å²) in [7, 11) is 3.29. The lowest BCUT2D eigenvalue weighted by Gasteiger charge is -2.32. The number of likely N-dealkylation sites (N-methyl/N-ethyl adjacent to an activating group) is 1. The molecule has 0 amide bonds. The quantitative estimate of drug-likeness (QED) is 0.655. The van der Waals surface area contributed by atoms with Crippen LogP contribution in [0.1, 0.15) is 6.42 Å². The van der Waals surface area contributed by atoms with Gasteiger partial charge < -0.3 is 19.7 Å². The van der Waals surface area contributed by atoms with E-state index in [2.05, 4.69) is 25.2 Å². The Morgan fingerprint density at radius 3 is 2.80 bits per heavy atom. The average Bonchev–Trinajstić information content (AvgIpc) is 3.18. The van der Waals surface area contributed by atoms with Gasteiger partial charge in [-0.1, -0.05) is 0 Å². The Balaban J connectivity index is 1.71. The molecule has 2 aromatic heterocycles. The van der Waals surface area contributed by atoms with Crippen LogP contribution < -0.4 is 14.8 Å². The van der Waals surface area contributed by atoms with Crippen molar-refractivity contribution < 1.29 is 22.6 Å². The van der Waals surface area contributed by atoms with E-state index in [0.717, 1.165) is 0 Å². The van der Waals surface area contributed by atoms with Crippen LogP contribution in [0.15, 0.2) is 30.7 Å². The monoisotopic (exact) mass is 422 g/mol. The van der Waals surface area contributed by atoms with Gasteiger partial charge in [-0.05, 0) is 19.2 Å². The predicted octanol–water partition coefficient (Wildman–Crippen LogP) is 2.86. The fourth-order valence-electron chi connectivity index (χ4n) is 3.68. The third kappa shape index (κ3) is 4.11. The molecule has 1 fully saturated rings. The zero-order valence-electron chi connectivity index (χ0n) is 16.4. The fourth-order valence-corrected chi connectivity index (χ4v) is 3.68. The summed E-state index contributed by atoms with van der Waals surface area (Å²) in [4.78, 5) is 6.05. The molecule has 4 rings (SSSR count). The molecule has 1 saturated heterocycles. The number of fused-ring (bicyclic) bond motifs is 1. The van der Waals surface area contributed by atoms with Crippen LogP contribution in [0.3, 0.4) is 0 Å². The third-order valence-electron chi connectivity index (χ3n) is 4.93. The van der Waals surface area contributed by atoms with Gasteiger partial charge >= 0.3 is 6.61 Å². The minimum absolute atomic E-state index is 0.0864. The van der Waals surface area contributed by atoms with Gasteiger partial charge in [0.1, 0.15) is 29.7 Å². The molecule has 3 heterocycles. The Kier molecular flexibility index (Phi) is 5.62. The summed E-state index contributed by atoms with van der Waals surface area (Å²) in [5.41, 5.74) is 1.18. The summed E-state index contributed by atoms with van der Waals surface area (Å²) in [5, 5.41) is 11.6. The highest BCUT2D eigenvalue weighted by molar-refractivity contribution is 5.81. The van der Waals surface area contributed by atoms with E-state index in [1.54, 1.807) is 22.7 Å². The highest BCUT2D eigenvalue weighted by Gasteiger charge is 2.26. The minimum Gasteiger partial charge on any atom is -0.497 e. The number of hydrogen-bond acceptors (Lipinski definition) is 7. The topological polar surface area (TPSA) is 76.8 Å². The second-order valence-electron chi connectivity index (χ2n) is 7.16. The number of aromatic nitrogens is 4. The standard InChI is InChI=1S/C19H21F3N6O2/c1-27-8-11(20)5-12(9-27)24-19-26-25-17(15-7-23-10-28(15)19)14-4-3-13(29-2)6-16(14)30-18(21)22/h3-4,6-7,10-12,18H,5,8-9H2,1-2H3,(H,24,26)/t11-,12-/m1/s1. The van der Waals surface area contributed by atoms with E-state index < -0.39 is 12.8 Å². The highest BCUT2D eigenvalue weighted by Crippen LogP contribution is 2.35. The first-order valence-corrected chi connectivity index (χ1v) is 9.35. The van der Waals surface area contributed by atoms with Gasteiger partial charge in [-0.15, -0.1) is 10.2 Å². The number of halogens is 3. The molecular weight excluding hydrogens is 401 g/mol. The van der Waals surface area contributed by atoms with Crippen LogP contribution in [-0.2, 0) is 0 Å². The van der Waals surface area contributed by atoms with Gasteiger partial charge in [0.15, 0.2) is 0 Å². The Morgan fingerprint density at radius 2 is 2.07 bits per heavy atom. The lowest BCUT2D eigenvalue weighted by atomic mass is 10.1. The SMILES string of the molecule is COc1ccc(-c2nnc(N[C@@H]3C[C@@H](F)CN(C)C3)n3cncc23)c(OC(F)F)c1. The highest BCUT2D eigenvalue weighted by atomic mass is 19.3. The number of alkyl halides is 3. The molecule has 1 aliphatic heterocycles. The number of imidazole rings is 1. The molecule has 0 unspecified atom stereocenters. The van der Waals surface area contributed by atoms with Gasteiger partial charge in [0.05, 0.1) is 18.8 Å². The molecule has 2 atom stereocenters. The van der Waals surface area contributed by atoms with Gasteiger partial charge in [0.25, 0.3) is 0 Å². The number of anilines is 1. The lowest BCUT2D eigenvalue weighted by Crippen LogP contribution is -2.45. The number of nitrogens with zero attached hydrogens (tertiary/aromatic N) is 5. The van der Waals surface area contributed by atoms with Gasteiger partial charge in [-0.3, -0.25) is 4.40 Å². The fraction of sp³-hybridized carbons (Fsp3) is 0.421. The van der Waals surface area contributed by atoms with Crippen LogP contribution in [0.2, 0.25) is 0 Å². The maximum atomic E-state index is 13.9. The van der Waals surface area contributed by atoms with E-state index in [0.29, 0.717) is 48.0 Å². The summed E-state index contributed by atoms with van der Waals surface area (Å²) in [5.74, 6) is 0.674. The van der Waals surface area contributed by atoms with Crippen molar-refractivity contribution in [2.75, 3.05) is 32.6 Å². The summed E-state index contributed by atoms with van der Waals surface area (Å²) in [6.07, 6.45) is 2.51. The molecule has 0 spiro atoms. The second-order valence-corrected chi connectivity index (χ2v) is 7.16. The summed E-state index contributed by atoms with van der Waals surface area (Å²) < 4.78 is 51.2. The zero-order chi connectivity index (χ0) is 21.3. The first-order chi connectivity index (χ1) is 14.4. The first kappa shape index (κ1) is 20.2.